The van der Waals surface area contributed by atoms with Crippen LogP contribution in [0.5, 0.6) is 0 Å². The molecule has 0 spiro atoms. The van der Waals surface area contributed by atoms with E-state index in [1.165, 1.54) is 0 Å². The number of rotatable bonds is 6. The number of carbonyl (C=O) groups excluding carboxylic acids is 1. The van der Waals surface area contributed by atoms with Crippen LogP contribution in [0.4, 0.5) is 11.4 Å². The topological polar surface area (TPSA) is 146 Å². The van der Waals surface area contributed by atoms with Crippen molar-refractivity contribution < 1.29 is 4.79 Å². The average Bonchev–Trinajstić information content (AvgIpc) is 3.46. The first kappa shape index (κ1) is 25.0. The van der Waals surface area contributed by atoms with Crippen molar-refractivity contribution in [3.05, 3.63) is 78.9 Å². The molecule has 5 aromatic rings. The molecule has 1 saturated heterocycles. The molecular formula is C30H28N10O. The lowest BCUT2D eigenvalue weighted by Gasteiger charge is -2.21. The Labute approximate surface area is 236 Å². The van der Waals surface area contributed by atoms with Gasteiger partial charge in [0.05, 0.1) is 40.7 Å². The van der Waals surface area contributed by atoms with E-state index in [2.05, 4.69) is 35.9 Å². The van der Waals surface area contributed by atoms with Crippen LogP contribution in [0.1, 0.15) is 30.8 Å². The number of nitrogens with zero attached hydrogens (tertiary/aromatic N) is 6. The number of aromatic amines is 1. The first-order valence-corrected chi connectivity index (χ1v) is 13.7. The number of hydrogen-bond donors (Lipinski definition) is 4. The Bertz CT molecular complexity index is 1760. The van der Waals surface area contributed by atoms with Crippen LogP contribution in [-0.4, -0.2) is 61.3 Å². The van der Waals surface area contributed by atoms with Crippen molar-refractivity contribution >= 4 is 34.0 Å². The maximum Gasteiger partial charge on any atom is 0.224 e. The number of anilines is 2. The second kappa shape index (κ2) is 10.9. The van der Waals surface area contributed by atoms with Crippen LogP contribution in [-0.2, 0) is 4.79 Å². The van der Waals surface area contributed by atoms with Crippen molar-refractivity contribution in [1.82, 2.24) is 35.2 Å². The van der Waals surface area contributed by atoms with Crippen molar-refractivity contribution in [2.24, 2.45) is 10.9 Å². The number of nitrogens with one attached hydrogen (secondary N) is 4. The molecule has 0 bridgehead atoms. The van der Waals surface area contributed by atoms with Crippen LogP contribution < -0.4 is 16.0 Å². The maximum atomic E-state index is 12.7. The van der Waals surface area contributed by atoms with Gasteiger partial charge in [0, 0.05) is 36.1 Å². The number of imidazole rings is 1. The lowest BCUT2D eigenvalue weighted by atomic mass is 9.94. The molecule has 7 rings (SSSR count). The van der Waals surface area contributed by atoms with Gasteiger partial charge in [-0.05, 0) is 62.2 Å². The zero-order valence-corrected chi connectivity index (χ0v) is 22.3. The Hall–Kier alpha value is -5.03. The summed E-state index contributed by atoms with van der Waals surface area (Å²) in [5, 5.41) is 9.66. The van der Waals surface area contributed by atoms with E-state index in [4.69, 9.17) is 15.0 Å². The zero-order chi connectivity index (χ0) is 27.6. The minimum absolute atomic E-state index is 0.0114. The van der Waals surface area contributed by atoms with E-state index >= 15 is 0 Å². The van der Waals surface area contributed by atoms with Gasteiger partial charge in [0.2, 0.25) is 5.91 Å². The minimum atomic E-state index is 0.0114. The summed E-state index contributed by atoms with van der Waals surface area (Å²) in [6.45, 7) is 2.34. The van der Waals surface area contributed by atoms with E-state index < -0.39 is 0 Å². The van der Waals surface area contributed by atoms with Crippen LogP contribution in [0.15, 0.2) is 72.4 Å². The molecule has 0 aromatic carbocycles. The van der Waals surface area contributed by atoms with Gasteiger partial charge in [-0.25, -0.2) is 9.97 Å². The minimum Gasteiger partial charge on any atom is -0.364 e. The molecule has 2 aliphatic heterocycles. The number of piperidine rings is 1. The number of carbonyl (C=O) groups is 1. The van der Waals surface area contributed by atoms with Gasteiger partial charge in [0.15, 0.2) is 5.82 Å². The molecule has 11 nitrogen and oxygen atoms in total. The number of hydrogen-bond acceptors (Lipinski definition) is 9. The molecule has 0 atom stereocenters. The van der Waals surface area contributed by atoms with Gasteiger partial charge < -0.3 is 20.9 Å². The van der Waals surface area contributed by atoms with E-state index in [0.29, 0.717) is 47.6 Å². The van der Waals surface area contributed by atoms with E-state index in [9.17, 15) is 4.79 Å². The van der Waals surface area contributed by atoms with Crippen molar-refractivity contribution in [3.8, 4) is 22.5 Å². The summed E-state index contributed by atoms with van der Waals surface area (Å²) in [5.41, 5.74) is 7.56. The highest BCUT2D eigenvalue weighted by molar-refractivity contribution is 6.15. The number of aliphatic imine (C=N–C) groups is 1. The normalized spacial score (nSPS) is 15.2. The molecule has 204 valence electrons. The lowest BCUT2D eigenvalue weighted by molar-refractivity contribution is -0.117. The predicted octanol–water partition coefficient (Wildman–Crippen LogP) is 4.03. The molecule has 1 fully saturated rings. The summed E-state index contributed by atoms with van der Waals surface area (Å²) < 4.78 is 0. The molecule has 0 saturated carbocycles. The summed E-state index contributed by atoms with van der Waals surface area (Å²) in [5.74, 6) is 1.03. The van der Waals surface area contributed by atoms with Gasteiger partial charge in [0.1, 0.15) is 23.6 Å². The Morgan fingerprint density at radius 2 is 1.88 bits per heavy atom. The summed E-state index contributed by atoms with van der Waals surface area (Å²) >= 11 is 0. The van der Waals surface area contributed by atoms with Gasteiger partial charge >= 0.3 is 0 Å². The third-order valence-electron chi connectivity index (χ3n) is 7.44. The van der Waals surface area contributed by atoms with Crippen LogP contribution in [0.25, 0.3) is 33.5 Å². The van der Waals surface area contributed by atoms with Crippen molar-refractivity contribution in [2.75, 3.05) is 30.4 Å². The average molecular weight is 545 g/mol. The molecule has 0 radical (unpaired) electrons. The highest BCUT2D eigenvalue weighted by Crippen LogP contribution is 2.29. The number of amides is 1. The summed E-state index contributed by atoms with van der Waals surface area (Å²) in [6.07, 6.45) is 11.3. The second-order valence-electron chi connectivity index (χ2n) is 10.2. The molecule has 11 heteroatoms. The first-order chi connectivity index (χ1) is 20.2. The van der Waals surface area contributed by atoms with Gasteiger partial charge in [-0.3, -0.25) is 24.7 Å². The van der Waals surface area contributed by atoms with Gasteiger partial charge in [-0.15, -0.1) is 0 Å². The van der Waals surface area contributed by atoms with Crippen LogP contribution in [0, 0.1) is 5.92 Å². The summed E-state index contributed by atoms with van der Waals surface area (Å²) in [6, 6.07) is 11.6. The largest absolute Gasteiger partial charge is 0.364 e. The number of aromatic nitrogens is 6. The monoisotopic (exact) mass is 544 g/mol. The van der Waals surface area contributed by atoms with Crippen LogP contribution in [0.2, 0.25) is 0 Å². The third-order valence-corrected chi connectivity index (χ3v) is 7.44. The fourth-order valence-electron chi connectivity index (χ4n) is 5.37. The smallest absolute Gasteiger partial charge is 0.224 e. The van der Waals surface area contributed by atoms with Crippen LogP contribution >= 0.6 is 0 Å². The second-order valence-corrected chi connectivity index (χ2v) is 10.2. The lowest BCUT2D eigenvalue weighted by Crippen LogP contribution is -2.30. The maximum absolute atomic E-state index is 12.7. The standard InChI is InChI=1S/C30H28N10O/c41-26(11-18-6-9-31-10-7-18)37-20-12-19(13-32-14-20)22-4-5-24-28(38-22)29(36-17-35-24)30-39-25-16-33-15-21(27(25)40-30)23-3-1-2-8-34-23/h1-5,8,12-16,18,31,35H,6-7,9-11,17H2,(H,37,41)(H,39,40). The molecule has 2 aliphatic rings. The van der Waals surface area contributed by atoms with E-state index in [0.717, 1.165) is 59.5 Å². The van der Waals surface area contributed by atoms with E-state index in [-0.39, 0.29) is 5.91 Å². The van der Waals surface area contributed by atoms with Crippen molar-refractivity contribution in [2.45, 2.75) is 19.3 Å². The predicted molar refractivity (Wildman–Crippen MR) is 158 cm³/mol. The Kier molecular flexibility index (Phi) is 6.61. The molecule has 7 heterocycles. The van der Waals surface area contributed by atoms with Gasteiger partial charge in [-0.1, -0.05) is 6.07 Å². The van der Waals surface area contributed by atoms with E-state index in [1.807, 2.05) is 36.4 Å². The summed E-state index contributed by atoms with van der Waals surface area (Å²) in [7, 11) is 0. The van der Waals surface area contributed by atoms with Gasteiger partial charge in [-0.2, -0.15) is 0 Å². The number of fused-ring (bicyclic) bond motifs is 2. The van der Waals surface area contributed by atoms with Crippen LogP contribution in [0.3, 0.4) is 0 Å². The molecule has 5 aromatic heterocycles. The molecule has 41 heavy (non-hydrogen) atoms. The molecule has 1 amide bonds. The molecule has 0 aliphatic carbocycles. The highest BCUT2D eigenvalue weighted by atomic mass is 16.1. The number of pyridine rings is 4. The Morgan fingerprint density at radius 1 is 0.976 bits per heavy atom. The number of H-pyrrole nitrogens is 1. The molecule has 0 unspecified atom stereocenters. The van der Waals surface area contributed by atoms with Gasteiger partial charge in [0.25, 0.3) is 0 Å². The quantitative estimate of drug-likeness (QED) is 0.251. The highest BCUT2D eigenvalue weighted by Gasteiger charge is 2.23. The van der Waals surface area contributed by atoms with Crippen molar-refractivity contribution in [3.63, 3.8) is 0 Å². The summed E-state index contributed by atoms with van der Waals surface area (Å²) in [4.78, 5) is 43.9. The Morgan fingerprint density at radius 3 is 2.76 bits per heavy atom. The fourth-order valence-corrected chi connectivity index (χ4v) is 5.37. The molecule has 4 N–H and O–H groups in total. The molecular weight excluding hydrogens is 516 g/mol. The Balaban J connectivity index is 1.18. The van der Waals surface area contributed by atoms with E-state index in [1.54, 1.807) is 31.0 Å². The third kappa shape index (κ3) is 5.14. The SMILES string of the molecule is O=C(CC1CCNCC1)Nc1cncc(-c2ccc3c(n2)C(c2nc4c(-c5ccccn5)cncc4[nH]2)=NCN3)c1. The zero-order valence-electron chi connectivity index (χ0n) is 22.3. The van der Waals surface area contributed by atoms with Crippen molar-refractivity contribution in [1.29, 1.82) is 0 Å². The first-order valence-electron chi connectivity index (χ1n) is 13.7. The fraction of sp³-hybridized carbons (Fsp3) is 0.233.